The van der Waals surface area contributed by atoms with Crippen molar-refractivity contribution in [3.8, 4) is 0 Å². The Bertz CT molecular complexity index is 767. The molecule has 2 heteroatoms. The van der Waals surface area contributed by atoms with Gasteiger partial charge >= 0.3 is 0 Å². The molecule has 2 rings (SSSR count). The van der Waals surface area contributed by atoms with Crippen LogP contribution in [-0.2, 0) is 6.42 Å². The second-order valence-corrected chi connectivity index (χ2v) is 10.7. The zero-order valence-electron chi connectivity index (χ0n) is 22.7. The lowest BCUT2D eigenvalue weighted by Gasteiger charge is -2.22. The van der Waals surface area contributed by atoms with Crippen LogP contribution in [0.3, 0.4) is 0 Å². The molecule has 0 aromatic heterocycles. The molecule has 0 amide bonds. The van der Waals surface area contributed by atoms with Gasteiger partial charge in [-0.2, -0.15) is 0 Å². The molecule has 0 aliphatic carbocycles. The summed E-state index contributed by atoms with van der Waals surface area (Å²) in [5.41, 5.74) is 8.24. The summed E-state index contributed by atoms with van der Waals surface area (Å²) >= 11 is 0. The molecule has 0 bridgehead atoms. The van der Waals surface area contributed by atoms with Crippen LogP contribution in [0, 0.1) is 0 Å². The van der Waals surface area contributed by atoms with Crippen LogP contribution in [0.25, 0.3) is 0 Å². The van der Waals surface area contributed by atoms with Gasteiger partial charge in [0.1, 0.15) is 0 Å². The maximum atomic E-state index is 3.82. The van der Waals surface area contributed by atoms with Gasteiger partial charge in [-0.05, 0) is 79.3 Å². The highest BCUT2D eigenvalue weighted by atomic mass is 14.9. The second-order valence-electron chi connectivity index (χ2n) is 10.7. The Morgan fingerprint density at radius 2 is 1.00 bits per heavy atom. The Morgan fingerprint density at radius 3 is 1.33 bits per heavy atom. The molecule has 2 N–H and O–H groups in total. The van der Waals surface area contributed by atoms with Crippen LogP contribution in [0.4, 0.5) is 11.4 Å². The molecule has 0 saturated carbocycles. The van der Waals surface area contributed by atoms with Crippen molar-refractivity contribution in [2.75, 3.05) is 10.6 Å². The minimum absolute atomic E-state index is 0.503. The third kappa shape index (κ3) is 8.72. The Balaban J connectivity index is 2.26. The summed E-state index contributed by atoms with van der Waals surface area (Å²) < 4.78 is 0. The van der Waals surface area contributed by atoms with Crippen molar-refractivity contribution in [2.45, 2.75) is 124 Å². The molecule has 0 aliphatic heterocycles. The van der Waals surface area contributed by atoms with Gasteiger partial charge in [-0.1, -0.05) is 91.5 Å². The van der Waals surface area contributed by atoms with Crippen molar-refractivity contribution < 1.29 is 0 Å². The Labute approximate surface area is 205 Å². The fourth-order valence-corrected chi connectivity index (χ4v) is 4.62. The predicted molar refractivity (Wildman–Crippen MR) is 149 cm³/mol. The van der Waals surface area contributed by atoms with E-state index in [0.29, 0.717) is 23.9 Å². The number of rotatable bonds is 14. The lowest BCUT2D eigenvalue weighted by molar-refractivity contribution is 0.643. The van der Waals surface area contributed by atoms with Gasteiger partial charge in [0.15, 0.2) is 0 Å². The molecule has 2 aromatic carbocycles. The van der Waals surface area contributed by atoms with E-state index in [0.717, 1.165) is 6.42 Å². The fourth-order valence-electron chi connectivity index (χ4n) is 4.62. The maximum Gasteiger partial charge on any atom is 0.0380 e. The minimum Gasteiger partial charge on any atom is -0.382 e. The number of unbranched alkanes of at least 4 members (excludes halogenated alkanes) is 2. The van der Waals surface area contributed by atoms with Gasteiger partial charge in [-0.15, -0.1) is 0 Å². The summed E-state index contributed by atoms with van der Waals surface area (Å²) in [5, 5.41) is 7.64. The zero-order valence-corrected chi connectivity index (χ0v) is 22.7. The first-order chi connectivity index (χ1) is 15.7. The first-order valence-electron chi connectivity index (χ1n) is 13.5. The van der Waals surface area contributed by atoms with E-state index in [1.807, 2.05) is 0 Å². The molecule has 2 aromatic rings. The van der Waals surface area contributed by atoms with E-state index in [1.54, 1.807) is 0 Å². The van der Waals surface area contributed by atoms with Gasteiger partial charge in [-0.3, -0.25) is 0 Å². The second kappa shape index (κ2) is 13.7. The molecular weight excluding hydrogens is 400 g/mol. The molecule has 2 atom stereocenters. The highest BCUT2D eigenvalue weighted by Gasteiger charge is 2.13. The topological polar surface area (TPSA) is 24.1 Å². The molecule has 0 radical (unpaired) electrons. The highest BCUT2D eigenvalue weighted by molar-refractivity contribution is 5.58. The van der Waals surface area contributed by atoms with Gasteiger partial charge in [0.25, 0.3) is 0 Å². The molecule has 0 heterocycles. The van der Waals surface area contributed by atoms with Crippen molar-refractivity contribution in [3.05, 3.63) is 58.7 Å². The average Bonchev–Trinajstić information content (AvgIpc) is 2.76. The van der Waals surface area contributed by atoms with Gasteiger partial charge in [0.2, 0.25) is 0 Å². The lowest BCUT2D eigenvalue weighted by Crippen LogP contribution is -2.17. The summed E-state index contributed by atoms with van der Waals surface area (Å²) in [6.07, 6.45) is 8.47. The van der Waals surface area contributed by atoms with E-state index < -0.39 is 0 Å². The van der Waals surface area contributed by atoms with E-state index in [-0.39, 0.29) is 0 Å². The van der Waals surface area contributed by atoms with Gasteiger partial charge < -0.3 is 10.6 Å². The Hall–Kier alpha value is -1.96. The minimum atomic E-state index is 0.503. The van der Waals surface area contributed by atoms with Crippen molar-refractivity contribution in [3.63, 3.8) is 0 Å². The Morgan fingerprint density at radius 1 is 0.606 bits per heavy atom. The van der Waals surface area contributed by atoms with Crippen LogP contribution < -0.4 is 10.6 Å². The van der Waals surface area contributed by atoms with Crippen LogP contribution in [0.2, 0.25) is 0 Å². The van der Waals surface area contributed by atoms with Gasteiger partial charge in [-0.25, -0.2) is 0 Å². The molecule has 0 saturated heterocycles. The third-order valence-electron chi connectivity index (χ3n) is 6.67. The first kappa shape index (κ1) is 27.3. The van der Waals surface area contributed by atoms with Gasteiger partial charge in [0, 0.05) is 23.5 Å². The molecule has 33 heavy (non-hydrogen) atoms. The molecule has 0 spiro atoms. The molecule has 0 aliphatic rings. The lowest BCUT2D eigenvalue weighted by atomic mass is 9.94. The van der Waals surface area contributed by atoms with Crippen molar-refractivity contribution in [2.24, 2.45) is 0 Å². The average molecular weight is 451 g/mol. The van der Waals surface area contributed by atoms with Crippen LogP contribution >= 0.6 is 0 Å². The summed E-state index contributed by atoms with van der Waals surface area (Å²) in [4.78, 5) is 0. The SMILES string of the molecule is CCCCC(C)Nc1cc(Cc2ccc(C(C)C)c(NC(C)CCCC)c2)ccc1C(C)C. The summed E-state index contributed by atoms with van der Waals surface area (Å²) in [5.74, 6) is 1.04. The summed E-state index contributed by atoms with van der Waals surface area (Å²) in [6, 6.07) is 15.1. The predicted octanol–water partition coefficient (Wildman–Crippen LogP) is 9.51. The number of benzene rings is 2. The van der Waals surface area contributed by atoms with Crippen LogP contribution in [0.5, 0.6) is 0 Å². The summed E-state index contributed by atoms with van der Waals surface area (Å²) in [6.45, 7) is 18.3. The molecule has 184 valence electrons. The standard InChI is InChI=1S/C31H50N2/c1-9-11-13-24(7)32-30-20-26(15-17-28(30)22(3)4)19-27-16-18-29(23(5)6)31(21-27)33-25(8)14-12-10-2/h15-18,20-25,32-33H,9-14,19H2,1-8H3. The molecular formula is C31H50N2. The van der Waals surface area contributed by atoms with Gasteiger partial charge in [0.05, 0.1) is 0 Å². The monoisotopic (exact) mass is 450 g/mol. The normalized spacial score (nSPS) is 13.4. The zero-order chi connectivity index (χ0) is 24.4. The number of anilines is 2. The largest absolute Gasteiger partial charge is 0.382 e. The number of hydrogen-bond donors (Lipinski definition) is 2. The quantitative estimate of drug-likeness (QED) is 0.299. The summed E-state index contributed by atoms with van der Waals surface area (Å²) in [7, 11) is 0. The van der Waals surface area contributed by atoms with E-state index in [1.165, 1.54) is 72.2 Å². The molecule has 2 nitrogen and oxygen atoms in total. The van der Waals surface area contributed by atoms with Crippen LogP contribution in [-0.4, -0.2) is 12.1 Å². The third-order valence-corrected chi connectivity index (χ3v) is 6.67. The van der Waals surface area contributed by atoms with Crippen LogP contribution in [0.1, 0.15) is 128 Å². The molecule has 2 unspecified atom stereocenters. The van der Waals surface area contributed by atoms with Crippen molar-refractivity contribution >= 4 is 11.4 Å². The fraction of sp³-hybridized carbons (Fsp3) is 0.613. The van der Waals surface area contributed by atoms with Crippen molar-refractivity contribution in [1.29, 1.82) is 0 Å². The highest BCUT2D eigenvalue weighted by Crippen LogP contribution is 2.30. The van der Waals surface area contributed by atoms with Crippen molar-refractivity contribution in [1.82, 2.24) is 0 Å². The smallest absolute Gasteiger partial charge is 0.0380 e. The van der Waals surface area contributed by atoms with E-state index in [2.05, 4.69) is 102 Å². The number of hydrogen-bond acceptors (Lipinski definition) is 2. The number of nitrogens with one attached hydrogen (secondary N) is 2. The van der Waals surface area contributed by atoms with E-state index in [4.69, 9.17) is 0 Å². The van der Waals surface area contributed by atoms with E-state index in [9.17, 15) is 0 Å². The first-order valence-corrected chi connectivity index (χ1v) is 13.5. The van der Waals surface area contributed by atoms with E-state index >= 15 is 0 Å². The molecule has 0 fully saturated rings. The maximum absolute atomic E-state index is 3.82. The van der Waals surface area contributed by atoms with Crippen LogP contribution in [0.15, 0.2) is 36.4 Å². The Kier molecular flexibility index (Phi) is 11.3.